The van der Waals surface area contributed by atoms with Crippen molar-refractivity contribution in [1.82, 2.24) is 0 Å². The van der Waals surface area contributed by atoms with Crippen LogP contribution in [-0.4, -0.2) is 25.2 Å². The van der Waals surface area contributed by atoms with E-state index >= 15 is 0 Å². The zero-order chi connectivity index (χ0) is 13.3. The van der Waals surface area contributed by atoms with Crippen molar-refractivity contribution in [3.05, 3.63) is 0 Å². The van der Waals surface area contributed by atoms with Crippen molar-refractivity contribution in [2.24, 2.45) is 11.8 Å². The Bertz CT molecular complexity index is 216. The van der Waals surface area contributed by atoms with E-state index in [2.05, 4.69) is 13.8 Å². The average Bonchev–Trinajstić information content (AvgIpc) is 2.31. The smallest absolute Gasteiger partial charge is 0.320 e. The van der Waals surface area contributed by atoms with Gasteiger partial charge in [-0.2, -0.15) is 0 Å². The molecule has 0 bridgehead atoms. The molecule has 4 heteroatoms. The van der Waals surface area contributed by atoms with Crippen molar-refractivity contribution in [1.29, 1.82) is 0 Å². The van der Waals surface area contributed by atoms with Gasteiger partial charge in [-0.25, -0.2) is 0 Å². The molecule has 0 saturated heterocycles. The van der Waals surface area contributed by atoms with E-state index in [4.69, 9.17) is 9.47 Å². The van der Waals surface area contributed by atoms with Crippen molar-refractivity contribution < 1.29 is 19.1 Å². The Morgan fingerprint density at radius 1 is 0.882 bits per heavy atom. The largest absolute Gasteiger partial charge is 0.465 e. The summed E-state index contributed by atoms with van der Waals surface area (Å²) in [6.07, 6.45) is 2.42. The summed E-state index contributed by atoms with van der Waals surface area (Å²) < 4.78 is 9.84. The highest BCUT2D eigenvalue weighted by Gasteiger charge is 2.31. The van der Waals surface area contributed by atoms with Crippen LogP contribution in [0.25, 0.3) is 0 Å². The first kappa shape index (κ1) is 15.9. The van der Waals surface area contributed by atoms with Gasteiger partial charge in [-0.15, -0.1) is 0 Å². The number of hydrogen-bond acceptors (Lipinski definition) is 4. The van der Waals surface area contributed by atoms with Gasteiger partial charge in [0, 0.05) is 0 Å². The highest BCUT2D eigenvalue weighted by atomic mass is 16.6. The molecule has 0 aliphatic carbocycles. The summed E-state index contributed by atoms with van der Waals surface area (Å²) in [7, 11) is 0. The molecule has 0 radical (unpaired) electrons. The number of carbonyl (C=O) groups is 2. The van der Waals surface area contributed by atoms with E-state index in [1.807, 2.05) is 0 Å². The fourth-order valence-corrected chi connectivity index (χ4v) is 1.73. The van der Waals surface area contributed by atoms with Crippen LogP contribution in [0.15, 0.2) is 0 Å². The average molecular weight is 244 g/mol. The lowest BCUT2D eigenvalue weighted by atomic mass is 9.90. The normalized spacial score (nSPS) is 10.7. The molecule has 17 heavy (non-hydrogen) atoms. The first-order valence-corrected chi connectivity index (χ1v) is 6.43. The van der Waals surface area contributed by atoms with Crippen LogP contribution in [0.4, 0.5) is 0 Å². The van der Waals surface area contributed by atoms with Gasteiger partial charge in [0.05, 0.1) is 13.2 Å². The Morgan fingerprint density at radius 3 is 1.59 bits per heavy atom. The molecule has 0 amide bonds. The minimum absolute atomic E-state index is 0.289. The van der Waals surface area contributed by atoms with E-state index in [0.717, 1.165) is 12.8 Å². The third kappa shape index (κ3) is 5.71. The van der Waals surface area contributed by atoms with Crippen molar-refractivity contribution in [2.45, 2.75) is 47.0 Å². The zero-order valence-corrected chi connectivity index (χ0v) is 11.3. The van der Waals surface area contributed by atoms with Gasteiger partial charge < -0.3 is 9.47 Å². The summed E-state index contributed by atoms with van der Waals surface area (Å²) in [4.78, 5) is 23.4. The SMILES string of the molecule is CCOC(=O)C(CC(CC)CC)C(=O)OCC. The maximum atomic E-state index is 11.7. The molecular weight excluding hydrogens is 220 g/mol. The lowest BCUT2D eigenvalue weighted by Crippen LogP contribution is -2.30. The number of carbonyl (C=O) groups excluding carboxylic acids is 2. The van der Waals surface area contributed by atoms with Crippen molar-refractivity contribution in [2.75, 3.05) is 13.2 Å². The molecule has 0 aromatic rings. The quantitative estimate of drug-likeness (QED) is 0.486. The third-order valence-corrected chi connectivity index (χ3v) is 2.87. The van der Waals surface area contributed by atoms with E-state index in [0.29, 0.717) is 12.3 Å². The van der Waals surface area contributed by atoms with Crippen molar-refractivity contribution >= 4 is 11.9 Å². The van der Waals surface area contributed by atoms with Crippen LogP contribution < -0.4 is 0 Å². The first-order valence-electron chi connectivity index (χ1n) is 6.43. The predicted molar refractivity (Wildman–Crippen MR) is 65.4 cm³/mol. The summed E-state index contributed by atoms with van der Waals surface area (Å²) in [5.74, 6) is -1.33. The number of esters is 2. The second-order valence-electron chi connectivity index (χ2n) is 3.97. The molecule has 4 nitrogen and oxygen atoms in total. The van der Waals surface area contributed by atoms with Gasteiger partial charge in [0.25, 0.3) is 0 Å². The third-order valence-electron chi connectivity index (χ3n) is 2.87. The van der Waals surface area contributed by atoms with Gasteiger partial charge in [0.15, 0.2) is 5.92 Å². The fourth-order valence-electron chi connectivity index (χ4n) is 1.73. The monoisotopic (exact) mass is 244 g/mol. The molecule has 0 aliphatic rings. The van der Waals surface area contributed by atoms with Crippen LogP contribution in [0.1, 0.15) is 47.0 Å². The Hall–Kier alpha value is -1.06. The van der Waals surface area contributed by atoms with E-state index in [9.17, 15) is 9.59 Å². The predicted octanol–water partition coefficient (Wildman–Crippen LogP) is 2.56. The molecule has 0 spiro atoms. The van der Waals surface area contributed by atoms with E-state index in [1.165, 1.54) is 0 Å². The van der Waals surface area contributed by atoms with Crippen LogP contribution >= 0.6 is 0 Å². The number of hydrogen-bond donors (Lipinski definition) is 0. The van der Waals surface area contributed by atoms with Gasteiger partial charge in [0.2, 0.25) is 0 Å². The molecule has 0 saturated carbocycles. The minimum atomic E-state index is -0.764. The Morgan fingerprint density at radius 2 is 1.29 bits per heavy atom. The van der Waals surface area contributed by atoms with Crippen LogP contribution in [0, 0.1) is 11.8 Å². The highest BCUT2D eigenvalue weighted by molar-refractivity contribution is 5.94. The molecule has 0 atom stereocenters. The summed E-state index contributed by atoms with van der Waals surface area (Å²) in [5, 5.41) is 0. The molecule has 0 N–H and O–H groups in total. The zero-order valence-electron chi connectivity index (χ0n) is 11.3. The van der Waals surface area contributed by atoms with Gasteiger partial charge >= 0.3 is 11.9 Å². The molecule has 0 aromatic heterocycles. The lowest BCUT2D eigenvalue weighted by molar-refractivity contribution is -0.162. The lowest BCUT2D eigenvalue weighted by Gasteiger charge is -2.19. The van der Waals surface area contributed by atoms with Gasteiger partial charge in [-0.05, 0) is 26.2 Å². The van der Waals surface area contributed by atoms with Gasteiger partial charge in [-0.3, -0.25) is 9.59 Å². The van der Waals surface area contributed by atoms with Crippen LogP contribution in [0.5, 0.6) is 0 Å². The maximum Gasteiger partial charge on any atom is 0.320 e. The molecule has 0 unspecified atom stereocenters. The Labute approximate surface area is 104 Å². The van der Waals surface area contributed by atoms with E-state index in [-0.39, 0.29) is 13.2 Å². The first-order chi connectivity index (χ1) is 8.10. The Kier molecular flexibility index (Phi) is 8.46. The summed E-state index contributed by atoms with van der Waals surface area (Å²) in [6.45, 7) is 8.16. The Balaban J connectivity index is 4.59. The number of ether oxygens (including phenoxy) is 2. The summed E-state index contributed by atoms with van der Waals surface area (Å²) >= 11 is 0. The topological polar surface area (TPSA) is 52.6 Å². The fraction of sp³-hybridized carbons (Fsp3) is 0.846. The van der Waals surface area contributed by atoms with Crippen LogP contribution in [0.3, 0.4) is 0 Å². The van der Waals surface area contributed by atoms with Crippen molar-refractivity contribution in [3.8, 4) is 0 Å². The molecule has 100 valence electrons. The molecule has 0 aliphatic heterocycles. The summed E-state index contributed by atoms with van der Waals surface area (Å²) in [6, 6.07) is 0. The molecule has 0 rings (SSSR count). The highest BCUT2D eigenvalue weighted by Crippen LogP contribution is 2.21. The molecule has 0 aromatic carbocycles. The maximum absolute atomic E-state index is 11.7. The van der Waals surface area contributed by atoms with Crippen molar-refractivity contribution in [3.63, 3.8) is 0 Å². The standard InChI is InChI=1S/C13H24O4/c1-5-10(6-2)9-11(12(14)16-7-3)13(15)17-8-4/h10-11H,5-9H2,1-4H3. The number of rotatable bonds is 8. The second-order valence-corrected chi connectivity index (χ2v) is 3.97. The van der Waals surface area contributed by atoms with Crippen LogP contribution in [-0.2, 0) is 19.1 Å². The van der Waals surface area contributed by atoms with E-state index in [1.54, 1.807) is 13.8 Å². The molecular formula is C13H24O4. The van der Waals surface area contributed by atoms with Gasteiger partial charge in [-0.1, -0.05) is 26.7 Å². The summed E-state index contributed by atoms with van der Waals surface area (Å²) in [5.41, 5.74) is 0. The molecule has 0 heterocycles. The van der Waals surface area contributed by atoms with Gasteiger partial charge in [0.1, 0.15) is 0 Å². The second kappa shape index (κ2) is 9.02. The van der Waals surface area contributed by atoms with E-state index < -0.39 is 17.9 Å². The van der Waals surface area contributed by atoms with Crippen LogP contribution in [0.2, 0.25) is 0 Å². The minimum Gasteiger partial charge on any atom is -0.465 e. The molecule has 0 fully saturated rings.